The first-order valence-electron chi connectivity index (χ1n) is 36.6. The van der Waals surface area contributed by atoms with Gasteiger partial charge in [-0.1, -0.05) is 89.9 Å². The number of carbonyl (C=O) groups is 6. The van der Waals surface area contributed by atoms with E-state index in [4.69, 9.17) is 0 Å². The molecule has 616 valence electrons. The number of likely N-dealkylation sites (tertiary alicyclic amines) is 3. The van der Waals surface area contributed by atoms with Gasteiger partial charge in [0.25, 0.3) is 23.6 Å². The largest absolute Gasteiger partial charge is 0.435 e. The fraction of sp³-hybridized carbons (Fsp3) is 0.267. The van der Waals surface area contributed by atoms with E-state index >= 15 is 0 Å². The number of rotatable bonds is 14. The lowest BCUT2D eigenvalue weighted by Gasteiger charge is -2.34. The van der Waals surface area contributed by atoms with E-state index in [2.05, 4.69) is 85.8 Å². The average molecular weight is 1640 g/mol. The second-order valence-corrected chi connectivity index (χ2v) is 27.1. The number of alkyl halides is 9. The number of anilines is 3. The number of hydrogen-bond acceptors (Lipinski definition) is 15. The van der Waals surface area contributed by atoms with E-state index in [9.17, 15) is 68.3 Å². The monoisotopic (exact) mass is 1630 g/mol. The quantitative estimate of drug-likeness (QED) is 0.0518. The first kappa shape index (κ1) is 87.6. The molecule has 3 aromatic carbocycles. The lowest BCUT2D eigenvalue weighted by atomic mass is 10.0. The zero-order chi connectivity index (χ0) is 82.2. The zero-order valence-corrected chi connectivity index (χ0v) is 62.1. The van der Waals surface area contributed by atoms with Crippen molar-refractivity contribution in [2.75, 3.05) is 35.6 Å². The number of nitrogens with zero attached hydrogens (tertiary/aromatic N) is 15. The van der Waals surface area contributed by atoms with Gasteiger partial charge in [0.05, 0.1) is 35.2 Å². The Morgan fingerprint density at radius 3 is 1.06 bits per heavy atom. The van der Waals surface area contributed by atoms with Crippen molar-refractivity contribution in [2.45, 2.75) is 131 Å². The highest BCUT2D eigenvalue weighted by atomic mass is 19.4. The molecule has 0 bridgehead atoms. The molecule has 3 fully saturated rings. The number of fused-ring (bicyclic) bond motifs is 3. The third kappa shape index (κ3) is 19.2. The number of piperidine rings is 3. The molecule has 6 amide bonds. The normalized spacial score (nSPS) is 15.3. The molecule has 3 aliphatic rings. The molecule has 3 saturated heterocycles. The minimum Gasteiger partial charge on any atom is -0.329 e. The summed E-state index contributed by atoms with van der Waals surface area (Å²) in [6.45, 7) is 11.9. The van der Waals surface area contributed by atoms with Crippen molar-refractivity contribution in [3.8, 4) is 45.6 Å². The summed E-state index contributed by atoms with van der Waals surface area (Å²) >= 11 is 0. The summed E-state index contributed by atoms with van der Waals surface area (Å²) in [5.41, 5.74) is -0.757. The molecule has 0 aliphatic carbocycles. The van der Waals surface area contributed by atoms with Crippen LogP contribution in [0.15, 0.2) is 202 Å². The van der Waals surface area contributed by atoms with Crippen molar-refractivity contribution in [1.82, 2.24) is 72.8 Å². The molecule has 33 heteroatoms. The van der Waals surface area contributed by atoms with Crippen molar-refractivity contribution in [1.29, 1.82) is 0 Å². The summed E-state index contributed by atoms with van der Waals surface area (Å²) in [5.74, 6) is 4.96. The number of hydrogen-bond donors (Lipinski definition) is 3. The maximum atomic E-state index is 14.1. The third-order valence-corrected chi connectivity index (χ3v) is 19.6. The minimum absolute atomic E-state index is 0. The van der Waals surface area contributed by atoms with Gasteiger partial charge in [0, 0.05) is 109 Å². The van der Waals surface area contributed by atoms with Gasteiger partial charge in [-0.15, -0.1) is 0 Å². The Morgan fingerprint density at radius 2 is 0.748 bits per heavy atom. The van der Waals surface area contributed by atoms with Gasteiger partial charge in [0.1, 0.15) is 51.5 Å². The molecule has 3 atom stereocenters. The molecule has 119 heavy (non-hydrogen) atoms. The van der Waals surface area contributed by atoms with Crippen molar-refractivity contribution in [3.63, 3.8) is 0 Å². The van der Waals surface area contributed by atoms with E-state index in [-0.39, 0.29) is 67.7 Å². The molecular formula is C86H83F9N18O6. The molecule has 0 unspecified atom stereocenters. The van der Waals surface area contributed by atoms with Gasteiger partial charge in [0.15, 0.2) is 17.1 Å². The highest BCUT2D eigenvalue weighted by molar-refractivity contribution is 6.06. The standard InChI is InChI=1S/C28H25F3N6O2.C28H23F3N6O2.C27H23F3N6O2.3CH4/c1-3-22(38)36-14-5-4-6-20(36)26-35-23(24-25(28(29,30)31)33-13-15-37(24)26)18-7-9-19(10-8-18)27(39)34-21-16-17(2)11-12-32-21;1-2-7-22(38)36-16-6-4-8-20(36)26-35-23(24-25(28(29,30)31)33-15-17-37(24)26)18-10-12-19(13-11-18)27(39)34-21-9-3-5-14-32-21;1-2-21(37)35-15-6-4-7-19(35)25-34-22(23-24(27(28,29)30)32-14-16-36(23)25)17-9-11-18(12-10-17)26(38)33-20-8-3-5-13-31-20;;;/h3,7-13,15-16,20H,1,4-6,14H2,2H3,(H,32,34,39);3,5,9-15,17,20H,4,6,8,16H2,1H3,(H,32,34,39);2-3,5,8-14,16,19H,1,4,6-7,15H2,(H,31,33,38);3*1H4/t2*20-;19-;;;/m000.../s1. The van der Waals surface area contributed by atoms with E-state index in [0.29, 0.717) is 107 Å². The summed E-state index contributed by atoms with van der Waals surface area (Å²) in [6, 6.07) is 30.4. The van der Waals surface area contributed by atoms with Crippen molar-refractivity contribution >= 4 is 69.4 Å². The van der Waals surface area contributed by atoms with Crippen LogP contribution >= 0.6 is 0 Å². The van der Waals surface area contributed by atoms with Gasteiger partial charge in [0.2, 0.25) is 11.8 Å². The predicted molar refractivity (Wildman–Crippen MR) is 431 cm³/mol. The topological polar surface area (TPSA) is 277 Å². The van der Waals surface area contributed by atoms with Crippen LogP contribution < -0.4 is 16.0 Å². The predicted octanol–water partition coefficient (Wildman–Crippen LogP) is 18.0. The van der Waals surface area contributed by atoms with Crippen molar-refractivity contribution in [2.24, 2.45) is 0 Å². The molecular weight excluding hydrogens is 1550 g/mol. The number of amides is 6. The Labute approximate surface area is 678 Å². The average Bonchev–Trinajstić information content (AvgIpc) is 1.61. The van der Waals surface area contributed by atoms with Crippen LogP contribution in [0.4, 0.5) is 57.0 Å². The van der Waals surface area contributed by atoms with Crippen LogP contribution in [0, 0.1) is 18.8 Å². The number of pyridine rings is 3. The van der Waals surface area contributed by atoms with Gasteiger partial charge < -0.3 is 30.7 Å². The molecule has 0 radical (unpaired) electrons. The van der Waals surface area contributed by atoms with Gasteiger partial charge in [-0.2, -0.15) is 39.5 Å². The molecule has 9 aromatic heterocycles. The number of aryl methyl sites for hydroxylation is 1. The van der Waals surface area contributed by atoms with Gasteiger partial charge >= 0.3 is 18.5 Å². The molecule has 24 nitrogen and oxygen atoms in total. The Morgan fingerprint density at radius 1 is 0.420 bits per heavy atom. The molecule has 15 rings (SSSR count). The van der Waals surface area contributed by atoms with Gasteiger partial charge in [-0.3, -0.25) is 42.0 Å². The van der Waals surface area contributed by atoms with E-state index in [0.717, 1.165) is 62.7 Å². The van der Waals surface area contributed by atoms with Crippen molar-refractivity contribution < 1.29 is 68.3 Å². The zero-order valence-electron chi connectivity index (χ0n) is 62.1. The highest BCUT2D eigenvalue weighted by Gasteiger charge is 2.43. The van der Waals surface area contributed by atoms with Crippen LogP contribution in [0.1, 0.15) is 176 Å². The number of aromatic nitrogens is 12. The number of imidazole rings is 3. The maximum Gasteiger partial charge on any atom is 0.435 e. The Balaban J connectivity index is 0.000000185. The molecule has 3 N–H and O–H groups in total. The summed E-state index contributed by atoms with van der Waals surface area (Å²) in [4.78, 5) is 118. The molecule has 12 aromatic rings. The second kappa shape index (κ2) is 37.4. The van der Waals surface area contributed by atoms with Crippen LogP contribution in [-0.4, -0.2) is 128 Å². The number of halogens is 9. The molecule has 0 spiro atoms. The van der Waals surface area contributed by atoms with E-state index in [1.807, 2.05) is 6.92 Å². The number of benzene rings is 3. The Hall–Kier alpha value is -13.8. The highest BCUT2D eigenvalue weighted by Crippen LogP contribution is 2.44. The van der Waals surface area contributed by atoms with Crippen LogP contribution in [0.5, 0.6) is 0 Å². The van der Waals surface area contributed by atoms with Gasteiger partial charge in [-0.05, 0) is 168 Å². The molecule has 12 heterocycles. The van der Waals surface area contributed by atoms with Crippen LogP contribution in [0.2, 0.25) is 0 Å². The first-order valence-corrected chi connectivity index (χ1v) is 36.6. The SMILES string of the molecule is C.C.C.C=CC(=O)N1CCCC[C@H]1c1nc(-c2ccc(C(=O)Nc3cc(C)ccn3)cc2)c2c(C(F)(F)F)nccn12.C=CC(=O)N1CCCC[C@H]1c1nc(-c2ccc(C(=O)Nc3ccccn3)cc2)c2c(C(F)(F)F)nccn12.CC#CC(=O)N1CCCC[C@H]1c1nc(-c2ccc(C(=O)Nc3ccccn3)cc2)c2c(C(F)(F)F)nccn12. The molecule has 3 aliphatic heterocycles. The third-order valence-electron chi connectivity index (χ3n) is 19.6. The first-order chi connectivity index (χ1) is 55.7. The second-order valence-electron chi connectivity index (χ2n) is 27.1. The molecule has 0 saturated carbocycles. The lowest BCUT2D eigenvalue weighted by Crippen LogP contribution is -2.38. The Bertz CT molecular complexity index is 5770. The van der Waals surface area contributed by atoms with Crippen molar-refractivity contribution in [3.05, 3.63) is 259 Å². The van der Waals surface area contributed by atoms with Crippen LogP contribution in [0.3, 0.4) is 0 Å². The Kier molecular flexibility index (Phi) is 27.5. The summed E-state index contributed by atoms with van der Waals surface area (Å²) in [7, 11) is 0. The van der Waals surface area contributed by atoms with Crippen LogP contribution in [0.25, 0.3) is 50.3 Å². The van der Waals surface area contributed by atoms with E-state index in [1.54, 1.807) is 125 Å². The summed E-state index contributed by atoms with van der Waals surface area (Å²) in [5, 5.41) is 8.05. The fourth-order valence-electron chi connectivity index (χ4n) is 14.3. The minimum atomic E-state index is -4.74. The van der Waals surface area contributed by atoms with E-state index in [1.165, 1.54) is 80.3 Å². The fourth-order valence-corrected chi connectivity index (χ4v) is 14.3. The summed E-state index contributed by atoms with van der Waals surface area (Å²) in [6.07, 6.45) is 6.73. The van der Waals surface area contributed by atoms with Crippen LogP contribution in [-0.2, 0) is 32.9 Å². The van der Waals surface area contributed by atoms with E-state index < -0.39 is 77.4 Å². The smallest absolute Gasteiger partial charge is 0.329 e. The lowest BCUT2D eigenvalue weighted by molar-refractivity contribution is -0.140. The number of nitrogens with one attached hydrogen (secondary N) is 3. The maximum absolute atomic E-state index is 14.1. The number of carbonyl (C=O) groups excluding carboxylic acids is 6. The van der Waals surface area contributed by atoms with Gasteiger partial charge in [-0.25, -0.2) is 44.9 Å². The summed E-state index contributed by atoms with van der Waals surface area (Å²) < 4.78 is 131.